The van der Waals surface area contributed by atoms with E-state index >= 15 is 0 Å². The van der Waals surface area contributed by atoms with Gasteiger partial charge in [-0.2, -0.15) is 5.10 Å². The van der Waals surface area contributed by atoms with Crippen LogP contribution in [0.4, 0.5) is 10.1 Å². The third-order valence-electron chi connectivity index (χ3n) is 3.95. The highest BCUT2D eigenvalue weighted by atomic mass is 19.1. The Bertz CT molecular complexity index is 721. The van der Waals surface area contributed by atoms with Crippen LogP contribution in [0.3, 0.4) is 0 Å². The molecule has 3 rings (SSSR count). The summed E-state index contributed by atoms with van der Waals surface area (Å²) in [4.78, 5) is 14.3. The van der Waals surface area contributed by atoms with E-state index in [9.17, 15) is 9.18 Å². The summed E-state index contributed by atoms with van der Waals surface area (Å²) in [6.07, 6.45) is 6.49. The molecule has 2 heterocycles. The van der Waals surface area contributed by atoms with Crippen molar-refractivity contribution in [3.63, 3.8) is 0 Å². The third kappa shape index (κ3) is 5.51. The van der Waals surface area contributed by atoms with Gasteiger partial charge in [-0.05, 0) is 23.8 Å². The minimum Gasteiger partial charge on any atom is -0.379 e. The molecule has 1 saturated heterocycles. The van der Waals surface area contributed by atoms with Gasteiger partial charge in [-0.25, -0.2) is 4.39 Å². The average Bonchev–Trinajstić information content (AvgIpc) is 3.08. The molecule has 0 bridgehead atoms. The van der Waals surface area contributed by atoms with Crippen molar-refractivity contribution in [3.05, 3.63) is 54.1 Å². The van der Waals surface area contributed by atoms with E-state index in [1.54, 1.807) is 24.4 Å². The smallest absolute Gasteiger partial charge is 0.248 e. The molecule has 0 saturated carbocycles. The van der Waals surface area contributed by atoms with Crippen LogP contribution in [0, 0.1) is 5.82 Å². The molecule has 0 aliphatic carbocycles. The van der Waals surface area contributed by atoms with Crippen molar-refractivity contribution in [2.24, 2.45) is 0 Å². The minimum atomic E-state index is -0.300. The van der Waals surface area contributed by atoms with Crippen molar-refractivity contribution in [3.8, 4) is 0 Å². The van der Waals surface area contributed by atoms with E-state index in [0.29, 0.717) is 5.69 Å². The van der Waals surface area contributed by atoms with Gasteiger partial charge < -0.3 is 10.1 Å². The molecule has 1 aromatic carbocycles. The second kappa shape index (κ2) is 8.55. The summed E-state index contributed by atoms with van der Waals surface area (Å²) in [5.74, 6) is -0.553. The number of halogens is 1. The topological polar surface area (TPSA) is 59.4 Å². The molecule has 1 aliphatic rings. The van der Waals surface area contributed by atoms with Gasteiger partial charge in [0.25, 0.3) is 0 Å². The van der Waals surface area contributed by atoms with Crippen LogP contribution in [0.5, 0.6) is 0 Å². The first-order chi connectivity index (χ1) is 12.2. The number of anilines is 1. The van der Waals surface area contributed by atoms with Gasteiger partial charge >= 0.3 is 0 Å². The number of nitrogens with one attached hydrogen (secondary N) is 1. The number of rotatable bonds is 6. The number of carbonyl (C=O) groups excluding carboxylic acids is 1. The maximum absolute atomic E-state index is 12.8. The maximum Gasteiger partial charge on any atom is 0.248 e. The molecule has 1 aromatic heterocycles. The Kier molecular flexibility index (Phi) is 5.92. The normalized spacial score (nSPS) is 15.6. The zero-order valence-corrected chi connectivity index (χ0v) is 13.9. The lowest BCUT2D eigenvalue weighted by molar-refractivity contribution is -0.111. The Morgan fingerprint density at radius 1 is 1.24 bits per heavy atom. The summed E-state index contributed by atoms with van der Waals surface area (Å²) in [6.45, 7) is 5.11. The highest BCUT2D eigenvalue weighted by Crippen LogP contribution is 2.08. The van der Waals surface area contributed by atoms with Gasteiger partial charge in [0.1, 0.15) is 5.82 Å². The number of ether oxygens (including phenoxy) is 1. The molecule has 25 heavy (non-hydrogen) atoms. The van der Waals surface area contributed by atoms with Crippen LogP contribution in [0.15, 0.2) is 42.7 Å². The second-order valence-electron chi connectivity index (χ2n) is 5.82. The van der Waals surface area contributed by atoms with E-state index in [-0.39, 0.29) is 11.7 Å². The van der Waals surface area contributed by atoms with E-state index < -0.39 is 0 Å². The maximum atomic E-state index is 12.8. The molecule has 1 fully saturated rings. The van der Waals surface area contributed by atoms with Crippen molar-refractivity contribution in [1.29, 1.82) is 0 Å². The van der Waals surface area contributed by atoms with Gasteiger partial charge in [0.15, 0.2) is 0 Å². The van der Waals surface area contributed by atoms with Gasteiger partial charge in [0.2, 0.25) is 5.91 Å². The van der Waals surface area contributed by atoms with Gasteiger partial charge in [-0.1, -0.05) is 12.1 Å². The average molecular weight is 344 g/mol. The number of morpholine rings is 1. The van der Waals surface area contributed by atoms with Crippen molar-refractivity contribution in [2.45, 2.75) is 6.54 Å². The summed E-state index contributed by atoms with van der Waals surface area (Å²) in [5, 5.41) is 7.03. The predicted octanol–water partition coefficient (Wildman–Crippen LogP) is 2.01. The summed E-state index contributed by atoms with van der Waals surface area (Å²) < 4.78 is 20.0. The Hall–Kier alpha value is -2.51. The highest BCUT2D eigenvalue weighted by molar-refractivity contribution is 6.01. The molecular weight excluding hydrogens is 323 g/mol. The molecule has 0 atom stereocenters. The summed E-state index contributed by atoms with van der Waals surface area (Å²) >= 11 is 0. The first-order valence-electron chi connectivity index (χ1n) is 8.26. The fraction of sp³-hybridized carbons (Fsp3) is 0.333. The van der Waals surface area contributed by atoms with E-state index in [1.807, 2.05) is 10.9 Å². The lowest BCUT2D eigenvalue weighted by Gasteiger charge is -2.26. The van der Waals surface area contributed by atoms with Gasteiger partial charge in [-0.3, -0.25) is 14.4 Å². The lowest BCUT2D eigenvalue weighted by atomic mass is 10.2. The quantitative estimate of drug-likeness (QED) is 0.815. The SMILES string of the molecule is O=C(/C=C/c1ccc(F)cc1)Nc1cnn(CCN2CCOCC2)c1. The molecule has 2 aromatic rings. The largest absolute Gasteiger partial charge is 0.379 e. The highest BCUT2D eigenvalue weighted by Gasteiger charge is 2.10. The Morgan fingerprint density at radius 2 is 2.00 bits per heavy atom. The fourth-order valence-electron chi connectivity index (χ4n) is 2.55. The van der Waals surface area contributed by atoms with Crippen LogP contribution in [0.25, 0.3) is 6.08 Å². The van der Waals surface area contributed by atoms with Crippen molar-refractivity contribution >= 4 is 17.7 Å². The van der Waals surface area contributed by atoms with E-state index in [4.69, 9.17) is 4.74 Å². The van der Waals surface area contributed by atoms with Crippen molar-refractivity contribution in [1.82, 2.24) is 14.7 Å². The molecule has 1 amide bonds. The molecule has 6 nitrogen and oxygen atoms in total. The summed E-state index contributed by atoms with van der Waals surface area (Å²) in [6, 6.07) is 5.94. The zero-order valence-electron chi connectivity index (χ0n) is 13.9. The molecule has 0 spiro atoms. The van der Waals surface area contributed by atoms with Crippen LogP contribution >= 0.6 is 0 Å². The second-order valence-corrected chi connectivity index (χ2v) is 5.82. The standard InChI is InChI=1S/C18H21FN4O2/c19-16-4-1-15(2-5-16)3-6-18(24)21-17-13-20-23(14-17)8-7-22-9-11-25-12-10-22/h1-6,13-14H,7-12H2,(H,21,24)/b6-3+. The number of hydrogen-bond acceptors (Lipinski definition) is 4. The molecule has 1 N–H and O–H groups in total. The fourth-order valence-corrected chi connectivity index (χ4v) is 2.55. The number of benzene rings is 1. The zero-order chi connectivity index (χ0) is 17.5. The first-order valence-corrected chi connectivity index (χ1v) is 8.26. The Morgan fingerprint density at radius 3 is 2.76 bits per heavy atom. The number of amides is 1. The summed E-state index contributed by atoms with van der Waals surface area (Å²) in [5.41, 5.74) is 1.41. The summed E-state index contributed by atoms with van der Waals surface area (Å²) in [7, 11) is 0. The number of nitrogens with zero attached hydrogens (tertiary/aromatic N) is 3. The number of aromatic nitrogens is 2. The van der Waals surface area contributed by atoms with Crippen LogP contribution in [-0.4, -0.2) is 53.4 Å². The van der Waals surface area contributed by atoms with Crippen LogP contribution in [0.1, 0.15) is 5.56 Å². The van der Waals surface area contributed by atoms with Crippen LogP contribution < -0.4 is 5.32 Å². The lowest BCUT2D eigenvalue weighted by Crippen LogP contribution is -2.38. The predicted molar refractivity (Wildman–Crippen MR) is 93.5 cm³/mol. The molecule has 0 unspecified atom stereocenters. The number of hydrogen-bond donors (Lipinski definition) is 1. The monoisotopic (exact) mass is 344 g/mol. The molecule has 7 heteroatoms. The molecule has 132 valence electrons. The molecule has 1 aliphatic heterocycles. The number of carbonyl (C=O) groups is 1. The molecular formula is C18H21FN4O2. The molecule has 0 radical (unpaired) electrons. The Balaban J connectivity index is 1.46. The minimum absolute atomic E-state index is 0.253. The van der Waals surface area contributed by atoms with E-state index in [1.165, 1.54) is 18.2 Å². The Labute approximate surface area is 145 Å². The van der Waals surface area contributed by atoms with Crippen LogP contribution in [-0.2, 0) is 16.1 Å². The van der Waals surface area contributed by atoms with Gasteiger partial charge in [0.05, 0.1) is 31.6 Å². The first kappa shape index (κ1) is 17.3. The van der Waals surface area contributed by atoms with Crippen molar-refractivity contribution < 1.29 is 13.9 Å². The van der Waals surface area contributed by atoms with Crippen molar-refractivity contribution in [2.75, 3.05) is 38.2 Å². The van der Waals surface area contributed by atoms with Gasteiger partial charge in [0, 0.05) is 31.9 Å². The van der Waals surface area contributed by atoms with E-state index in [2.05, 4.69) is 15.3 Å². The van der Waals surface area contributed by atoms with Gasteiger partial charge in [-0.15, -0.1) is 0 Å². The third-order valence-corrected chi connectivity index (χ3v) is 3.95. The van der Waals surface area contributed by atoms with Crippen LogP contribution in [0.2, 0.25) is 0 Å². The van der Waals surface area contributed by atoms with E-state index in [0.717, 1.165) is 45.0 Å².